The van der Waals surface area contributed by atoms with Crippen molar-refractivity contribution in [1.82, 2.24) is 0 Å². The van der Waals surface area contributed by atoms with E-state index in [4.69, 9.17) is 19.9 Å². The number of ether oxygens (including phenoxy) is 3. The van der Waals surface area contributed by atoms with Gasteiger partial charge >= 0.3 is 0 Å². The minimum atomic E-state index is -0.209. The molecule has 0 aromatic heterocycles. The fourth-order valence-corrected chi connectivity index (χ4v) is 3.00. The highest BCUT2D eigenvalue weighted by atomic mass is 16.5. The van der Waals surface area contributed by atoms with Crippen LogP contribution in [0.2, 0.25) is 0 Å². The SMILES string of the molecule is Cc1cc(C(=O)Nc2cc(OC(C)C)cc(OC(C)C)c2)cc(C)c1OCCN. The molecule has 2 rings (SSSR count). The Morgan fingerprint density at radius 1 is 0.931 bits per heavy atom. The zero-order chi connectivity index (χ0) is 21.6. The van der Waals surface area contributed by atoms with Gasteiger partial charge in [0.2, 0.25) is 0 Å². The number of hydrogen-bond donors (Lipinski definition) is 2. The first-order chi connectivity index (χ1) is 13.7. The summed E-state index contributed by atoms with van der Waals surface area (Å²) in [6.45, 7) is 12.5. The predicted octanol–water partition coefficient (Wildman–Crippen LogP) is 4.47. The third kappa shape index (κ3) is 6.68. The molecule has 0 saturated carbocycles. The van der Waals surface area contributed by atoms with Gasteiger partial charge in [-0.15, -0.1) is 0 Å². The second kappa shape index (κ2) is 10.2. The highest BCUT2D eigenvalue weighted by molar-refractivity contribution is 6.04. The lowest BCUT2D eigenvalue weighted by atomic mass is 10.0. The van der Waals surface area contributed by atoms with E-state index in [9.17, 15) is 4.79 Å². The van der Waals surface area contributed by atoms with Gasteiger partial charge in [-0.05, 0) is 64.8 Å². The normalized spacial score (nSPS) is 10.9. The maximum Gasteiger partial charge on any atom is 0.255 e. The van der Waals surface area contributed by atoms with E-state index in [1.165, 1.54) is 0 Å². The molecule has 2 aromatic rings. The topological polar surface area (TPSA) is 82.8 Å². The van der Waals surface area contributed by atoms with Crippen molar-refractivity contribution in [3.05, 3.63) is 47.0 Å². The molecule has 0 spiro atoms. The van der Waals surface area contributed by atoms with E-state index in [2.05, 4.69) is 5.32 Å². The maximum absolute atomic E-state index is 12.9. The average molecular weight is 401 g/mol. The van der Waals surface area contributed by atoms with Gasteiger partial charge in [-0.1, -0.05) is 0 Å². The zero-order valence-electron chi connectivity index (χ0n) is 18.2. The number of amides is 1. The molecular weight excluding hydrogens is 368 g/mol. The highest BCUT2D eigenvalue weighted by Crippen LogP contribution is 2.29. The zero-order valence-corrected chi connectivity index (χ0v) is 18.2. The Morgan fingerprint density at radius 2 is 1.45 bits per heavy atom. The number of aryl methyl sites for hydroxylation is 2. The van der Waals surface area contributed by atoms with Crippen LogP contribution in [0.5, 0.6) is 17.2 Å². The number of rotatable bonds is 9. The van der Waals surface area contributed by atoms with Crippen LogP contribution in [-0.4, -0.2) is 31.3 Å². The monoisotopic (exact) mass is 400 g/mol. The number of carbonyl (C=O) groups excluding carboxylic acids is 1. The molecule has 29 heavy (non-hydrogen) atoms. The molecule has 158 valence electrons. The highest BCUT2D eigenvalue weighted by Gasteiger charge is 2.14. The molecule has 0 bridgehead atoms. The fraction of sp³-hybridized carbons (Fsp3) is 0.435. The molecule has 0 heterocycles. The minimum Gasteiger partial charge on any atom is -0.492 e. The molecular formula is C23H32N2O4. The third-order valence-corrected chi connectivity index (χ3v) is 3.97. The van der Waals surface area contributed by atoms with Crippen molar-refractivity contribution in [2.75, 3.05) is 18.5 Å². The second-order valence-corrected chi connectivity index (χ2v) is 7.56. The van der Waals surface area contributed by atoms with Gasteiger partial charge in [0.15, 0.2) is 0 Å². The van der Waals surface area contributed by atoms with Crippen molar-refractivity contribution < 1.29 is 19.0 Å². The first-order valence-corrected chi connectivity index (χ1v) is 9.93. The molecule has 1 amide bonds. The molecule has 6 nitrogen and oxygen atoms in total. The van der Waals surface area contributed by atoms with Crippen molar-refractivity contribution in [3.8, 4) is 17.2 Å². The summed E-state index contributed by atoms with van der Waals surface area (Å²) >= 11 is 0. The van der Waals surface area contributed by atoms with Crippen LogP contribution in [0.15, 0.2) is 30.3 Å². The number of anilines is 1. The van der Waals surface area contributed by atoms with Crippen LogP contribution >= 0.6 is 0 Å². The summed E-state index contributed by atoms with van der Waals surface area (Å²) in [5.41, 5.74) is 8.47. The van der Waals surface area contributed by atoms with Crippen LogP contribution in [-0.2, 0) is 0 Å². The van der Waals surface area contributed by atoms with E-state index in [1.54, 1.807) is 12.1 Å². The molecule has 6 heteroatoms. The average Bonchev–Trinajstić information content (AvgIpc) is 2.59. The first-order valence-electron chi connectivity index (χ1n) is 9.93. The Bertz CT molecular complexity index is 796. The smallest absolute Gasteiger partial charge is 0.255 e. The van der Waals surface area contributed by atoms with Crippen LogP contribution in [0.1, 0.15) is 49.2 Å². The van der Waals surface area contributed by atoms with E-state index < -0.39 is 0 Å². The molecule has 0 aliphatic carbocycles. The van der Waals surface area contributed by atoms with Crippen LogP contribution in [0, 0.1) is 13.8 Å². The Morgan fingerprint density at radius 3 is 1.90 bits per heavy atom. The Kier molecular flexibility index (Phi) is 7.91. The van der Waals surface area contributed by atoms with E-state index in [-0.39, 0.29) is 18.1 Å². The van der Waals surface area contributed by atoms with Gasteiger partial charge < -0.3 is 25.3 Å². The van der Waals surface area contributed by atoms with Crippen molar-refractivity contribution in [1.29, 1.82) is 0 Å². The number of nitrogens with two attached hydrogens (primary N) is 1. The Balaban J connectivity index is 2.27. The quantitative estimate of drug-likeness (QED) is 0.649. The van der Waals surface area contributed by atoms with Crippen LogP contribution in [0.3, 0.4) is 0 Å². The lowest BCUT2D eigenvalue weighted by Gasteiger charge is -2.17. The lowest BCUT2D eigenvalue weighted by Crippen LogP contribution is -2.15. The van der Waals surface area contributed by atoms with E-state index in [0.717, 1.165) is 16.9 Å². The van der Waals surface area contributed by atoms with Gasteiger partial charge in [-0.25, -0.2) is 0 Å². The molecule has 0 radical (unpaired) electrons. The summed E-state index contributed by atoms with van der Waals surface area (Å²) in [5.74, 6) is 1.85. The van der Waals surface area contributed by atoms with Gasteiger partial charge in [0.05, 0.1) is 12.2 Å². The Labute approximate surface area is 173 Å². The lowest BCUT2D eigenvalue weighted by molar-refractivity contribution is 0.102. The Hall–Kier alpha value is -2.73. The molecule has 3 N–H and O–H groups in total. The molecule has 0 saturated heterocycles. The summed E-state index contributed by atoms with van der Waals surface area (Å²) < 4.78 is 17.3. The van der Waals surface area contributed by atoms with Crippen molar-refractivity contribution in [3.63, 3.8) is 0 Å². The molecule has 0 aliphatic rings. The van der Waals surface area contributed by atoms with Crippen molar-refractivity contribution in [2.45, 2.75) is 53.8 Å². The minimum absolute atomic E-state index is 0.0132. The van der Waals surface area contributed by atoms with Crippen molar-refractivity contribution in [2.24, 2.45) is 5.73 Å². The van der Waals surface area contributed by atoms with E-state index in [0.29, 0.717) is 35.9 Å². The summed E-state index contributed by atoms with van der Waals surface area (Å²) in [4.78, 5) is 12.9. The van der Waals surface area contributed by atoms with E-state index >= 15 is 0 Å². The molecule has 0 atom stereocenters. The summed E-state index contributed by atoms with van der Waals surface area (Å²) in [5, 5.41) is 2.94. The second-order valence-electron chi connectivity index (χ2n) is 7.56. The molecule has 2 aromatic carbocycles. The van der Waals surface area contributed by atoms with Crippen molar-refractivity contribution >= 4 is 11.6 Å². The number of carbonyl (C=O) groups is 1. The largest absolute Gasteiger partial charge is 0.492 e. The van der Waals surface area contributed by atoms with Crippen LogP contribution < -0.4 is 25.3 Å². The first kappa shape index (κ1) is 22.6. The van der Waals surface area contributed by atoms with Gasteiger partial charge in [0.25, 0.3) is 5.91 Å². The van der Waals surface area contributed by atoms with Gasteiger partial charge in [0, 0.05) is 36.0 Å². The number of benzene rings is 2. The predicted molar refractivity (Wildman–Crippen MR) is 116 cm³/mol. The van der Waals surface area contributed by atoms with Gasteiger partial charge in [0.1, 0.15) is 23.9 Å². The summed E-state index contributed by atoms with van der Waals surface area (Å²) in [6.07, 6.45) is 0.0263. The van der Waals surface area contributed by atoms with Gasteiger partial charge in [-0.2, -0.15) is 0 Å². The van der Waals surface area contributed by atoms with Gasteiger partial charge in [-0.3, -0.25) is 4.79 Å². The van der Waals surface area contributed by atoms with Crippen LogP contribution in [0.4, 0.5) is 5.69 Å². The third-order valence-electron chi connectivity index (χ3n) is 3.97. The molecule has 0 aliphatic heterocycles. The summed E-state index contributed by atoms with van der Waals surface area (Å²) in [7, 11) is 0. The van der Waals surface area contributed by atoms with Crippen LogP contribution in [0.25, 0.3) is 0 Å². The fourth-order valence-electron chi connectivity index (χ4n) is 3.00. The number of hydrogen-bond acceptors (Lipinski definition) is 5. The standard InChI is InChI=1S/C23H32N2O4/c1-14(2)28-20-11-19(12-21(13-20)29-15(3)4)25-23(26)18-9-16(5)22(17(6)10-18)27-8-7-24/h9-15H,7-8,24H2,1-6H3,(H,25,26). The van der Waals surface area contributed by atoms with E-state index in [1.807, 2.05) is 59.7 Å². The molecule has 0 fully saturated rings. The number of nitrogens with one attached hydrogen (secondary N) is 1. The molecule has 0 unspecified atom stereocenters. The maximum atomic E-state index is 12.9. The summed E-state index contributed by atoms with van der Waals surface area (Å²) in [6, 6.07) is 9.04.